The molecule has 1 amide bonds. The molecule has 3 N–H and O–H groups in total. The van der Waals surface area contributed by atoms with Crippen LogP contribution in [-0.4, -0.2) is 42.4 Å². The molecule has 2 atom stereocenters. The molecule has 6 heteroatoms. The molecule has 17 heavy (non-hydrogen) atoms. The van der Waals surface area contributed by atoms with E-state index >= 15 is 0 Å². The number of carboxylic acid groups (broad SMARTS) is 1. The zero-order valence-corrected chi connectivity index (χ0v) is 9.65. The van der Waals surface area contributed by atoms with E-state index in [0.717, 1.165) is 12.8 Å². The average Bonchev–Trinajstić information content (AvgIpc) is 2.34. The summed E-state index contributed by atoms with van der Waals surface area (Å²) in [5.74, 6) is -0.844. The van der Waals surface area contributed by atoms with Crippen molar-refractivity contribution in [1.29, 1.82) is 0 Å². The summed E-state index contributed by atoms with van der Waals surface area (Å²) in [6.45, 7) is 3.97. The van der Waals surface area contributed by atoms with Crippen molar-refractivity contribution in [2.45, 2.75) is 31.3 Å². The molecule has 1 aliphatic heterocycles. The summed E-state index contributed by atoms with van der Waals surface area (Å²) in [5, 5.41) is 14.4. The number of nitrogens with one attached hydrogen (secondary N) is 2. The van der Waals surface area contributed by atoms with Crippen LogP contribution >= 0.6 is 0 Å². The van der Waals surface area contributed by atoms with Crippen LogP contribution in [0.25, 0.3) is 0 Å². The molecular formula is C11H18N2O4. The lowest BCUT2D eigenvalue weighted by Gasteiger charge is -2.28. The lowest BCUT2D eigenvalue weighted by molar-refractivity contribution is -0.140. The molecule has 2 unspecified atom stereocenters. The second-order valence-electron chi connectivity index (χ2n) is 3.95. The van der Waals surface area contributed by atoms with Crippen LogP contribution in [0.2, 0.25) is 0 Å². The van der Waals surface area contributed by atoms with Crippen molar-refractivity contribution in [3.8, 4) is 0 Å². The summed E-state index contributed by atoms with van der Waals surface area (Å²) < 4.78 is 4.74. The molecule has 1 saturated heterocycles. The van der Waals surface area contributed by atoms with Crippen molar-refractivity contribution in [3.63, 3.8) is 0 Å². The molecule has 96 valence electrons. The average molecular weight is 242 g/mol. The van der Waals surface area contributed by atoms with Crippen LogP contribution in [0.4, 0.5) is 4.79 Å². The first-order chi connectivity index (χ1) is 8.13. The first kappa shape index (κ1) is 13.5. The largest absolute Gasteiger partial charge is 0.480 e. The second-order valence-corrected chi connectivity index (χ2v) is 3.95. The third-order valence-electron chi connectivity index (χ3n) is 2.61. The Morgan fingerprint density at radius 3 is 2.94 bits per heavy atom. The molecule has 0 aromatic rings. The monoisotopic (exact) mass is 242 g/mol. The van der Waals surface area contributed by atoms with Crippen LogP contribution in [0.5, 0.6) is 0 Å². The summed E-state index contributed by atoms with van der Waals surface area (Å²) >= 11 is 0. The van der Waals surface area contributed by atoms with Gasteiger partial charge in [-0.3, -0.25) is 10.1 Å². The van der Waals surface area contributed by atoms with Crippen LogP contribution in [0.3, 0.4) is 0 Å². The van der Waals surface area contributed by atoms with Crippen molar-refractivity contribution < 1.29 is 19.4 Å². The number of amides is 1. The van der Waals surface area contributed by atoms with Gasteiger partial charge in [0.05, 0.1) is 0 Å². The Morgan fingerprint density at radius 1 is 1.53 bits per heavy atom. The van der Waals surface area contributed by atoms with Gasteiger partial charge in [-0.1, -0.05) is 12.7 Å². The first-order valence-electron chi connectivity index (χ1n) is 5.64. The Morgan fingerprint density at radius 2 is 2.29 bits per heavy atom. The van der Waals surface area contributed by atoms with Crippen LogP contribution in [0.15, 0.2) is 12.7 Å². The Kier molecular flexibility index (Phi) is 5.48. The number of ether oxygens (including phenoxy) is 1. The molecule has 0 aliphatic carbocycles. The minimum Gasteiger partial charge on any atom is -0.480 e. The highest BCUT2D eigenvalue weighted by Gasteiger charge is 2.25. The van der Waals surface area contributed by atoms with E-state index in [4.69, 9.17) is 9.84 Å². The highest BCUT2D eigenvalue weighted by Crippen LogP contribution is 2.12. The summed E-state index contributed by atoms with van der Waals surface area (Å²) in [6, 6.07) is -0.527. The number of carbonyl (C=O) groups is 2. The van der Waals surface area contributed by atoms with Crippen LogP contribution in [0, 0.1) is 0 Å². The Hall–Kier alpha value is -1.56. The molecule has 0 aromatic heterocycles. The van der Waals surface area contributed by atoms with Crippen molar-refractivity contribution in [3.05, 3.63) is 12.7 Å². The van der Waals surface area contributed by atoms with Gasteiger partial charge in [-0.15, -0.1) is 0 Å². The van der Waals surface area contributed by atoms with Crippen LogP contribution in [-0.2, 0) is 9.53 Å². The number of carboxylic acids is 1. The number of piperidine rings is 1. The summed E-state index contributed by atoms with van der Waals surface area (Å²) in [5.41, 5.74) is 0. The van der Waals surface area contributed by atoms with E-state index in [2.05, 4.69) is 17.2 Å². The lowest BCUT2D eigenvalue weighted by atomic mass is 9.98. The van der Waals surface area contributed by atoms with E-state index in [9.17, 15) is 9.59 Å². The quantitative estimate of drug-likeness (QED) is 0.611. The predicted molar refractivity (Wildman–Crippen MR) is 61.7 cm³/mol. The zero-order valence-electron chi connectivity index (χ0n) is 9.65. The number of aliphatic carboxylic acids is 1. The first-order valence-corrected chi connectivity index (χ1v) is 5.64. The highest BCUT2D eigenvalue weighted by atomic mass is 16.5. The summed E-state index contributed by atoms with van der Waals surface area (Å²) in [4.78, 5) is 21.9. The van der Waals surface area contributed by atoms with Crippen LogP contribution < -0.4 is 10.6 Å². The van der Waals surface area contributed by atoms with Crippen molar-refractivity contribution >= 4 is 12.1 Å². The van der Waals surface area contributed by atoms with E-state index in [1.165, 1.54) is 6.08 Å². The van der Waals surface area contributed by atoms with Gasteiger partial charge in [0.1, 0.15) is 12.6 Å². The van der Waals surface area contributed by atoms with E-state index in [1.54, 1.807) is 0 Å². The number of rotatable bonds is 5. The molecule has 1 fully saturated rings. The summed E-state index contributed by atoms with van der Waals surface area (Å²) in [6.07, 6.45) is 3.30. The molecule has 0 spiro atoms. The molecule has 1 heterocycles. The maximum atomic E-state index is 11.1. The minimum absolute atomic E-state index is 0.0128. The lowest BCUT2D eigenvalue weighted by Crippen LogP contribution is -2.51. The normalized spacial score (nSPS) is 23.8. The molecular weight excluding hydrogens is 224 g/mol. The fraction of sp³-hybridized carbons (Fsp3) is 0.636. The highest BCUT2D eigenvalue weighted by molar-refractivity contribution is 5.73. The van der Waals surface area contributed by atoms with Gasteiger partial charge in [0.25, 0.3) is 0 Å². The molecule has 0 aromatic carbocycles. The van der Waals surface area contributed by atoms with Gasteiger partial charge in [-0.25, -0.2) is 4.79 Å². The van der Waals surface area contributed by atoms with Gasteiger partial charge < -0.3 is 15.2 Å². The van der Waals surface area contributed by atoms with E-state index in [-0.39, 0.29) is 12.6 Å². The Labute approximate surface area is 100 Å². The fourth-order valence-electron chi connectivity index (χ4n) is 1.77. The van der Waals surface area contributed by atoms with E-state index in [1.807, 2.05) is 0 Å². The van der Waals surface area contributed by atoms with Gasteiger partial charge in [0, 0.05) is 12.6 Å². The number of hydrogen-bond acceptors (Lipinski definition) is 4. The SMILES string of the molecule is C=CCOC(=O)NCC1CCCC(C(=O)O)N1. The summed E-state index contributed by atoms with van der Waals surface area (Å²) in [7, 11) is 0. The molecule has 1 aliphatic rings. The van der Waals surface area contributed by atoms with Gasteiger partial charge in [-0.05, 0) is 19.3 Å². The molecule has 1 rings (SSSR count). The van der Waals surface area contributed by atoms with Crippen molar-refractivity contribution in [2.24, 2.45) is 0 Å². The minimum atomic E-state index is -0.844. The third-order valence-corrected chi connectivity index (χ3v) is 2.61. The van der Waals surface area contributed by atoms with Gasteiger partial charge in [0.15, 0.2) is 0 Å². The molecule has 0 radical (unpaired) electrons. The predicted octanol–water partition coefficient (Wildman–Crippen LogP) is 0.494. The second kappa shape index (κ2) is 6.90. The number of alkyl carbamates (subject to hydrolysis) is 1. The fourth-order valence-corrected chi connectivity index (χ4v) is 1.77. The third kappa shape index (κ3) is 4.86. The number of carbonyl (C=O) groups excluding carboxylic acids is 1. The molecule has 0 saturated carbocycles. The maximum absolute atomic E-state index is 11.1. The smallest absolute Gasteiger partial charge is 0.407 e. The van der Waals surface area contributed by atoms with Gasteiger partial charge in [0.2, 0.25) is 0 Å². The van der Waals surface area contributed by atoms with Gasteiger partial charge in [-0.2, -0.15) is 0 Å². The standard InChI is InChI=1S/C11H18N2O4/c1-2-6-17-11(16)12-7-8-4-3-5-9(13-8)10(14)15/h2,8-9,13H,1,3-7H2,(H,12,16)(H,14,15). The molecule has 6 nitrogen and oxygen atoms in total. The molecule has 0 bridgehead atoms. The van der Waals surface area contributed by atoms with E-state index in [0.29, 0.717) is 13.0 Å². The topological polar surface area (TPSA) is 87.7 Å². The Bertz CT molecular complexity index is 293. The van der Waals surface area contributed by atoms with Crippen molar-refractivity contribution in [1.82, 2.24) is 10.6 Å². The maximum Gasteiger partial charge on any atom is 0.407 e. The Balaban J connectivity index is 2.24. The van der Waals surface area contributed by atoms with E-state index < -0.39 is 18.1 Å². The van der Waals surface area contributed by atoms with Crippen molar-refractivity contribution in [2.75, 3.05) is 13.2 Å². The zero-order chi connectivity index (χ0) is 12.7. The number of hydrogen-bond donors (Lipinski definition) is 3. The van der Waals surface area contributed by atoms with Gasteiger partial charge >= 0.3 is 12.1 Å². The van der Waals surface area contributed by atoms with Crippen LogP contribution in [0.1, 0.15) is 19.3 Å².